The first-order valence-electron chi connectivity index (χ1n) is 10.5. The molecule has 2 amide bonds. The maximum Gasteiger partial charge on any atom is 0.253 e. The minimum absolute atomic E-state index is 0.0510. The van der Waals surface area contributed by atoms with Gasteiger partial charge in [0.15, 0.2) is 17.5 Å². The Morgan fingerprint density at radius 2 is 1.48 bits per heavy atom. The van der Waals surface area contributed by atoms with Gasteiger partial charge in [0.2, 0.25) is 15.9 Å². The molecule has 4 rings (SSSR count). The second-order valence-electron chi connectivity index (χ2n) is 7.92. The van der Waals surface area contributed by atoms with E-state index < -0.39 is 32.4 Å². The van der Waals surface area contributed by atoms with E-state index in [1.54, 1.807) is 29.2 Å². The highest BCUT2D eigenvalue weighted by Gasteiger charge is 2.33. The summed E-state index contributed by atoms with van der Waals surface area (Å²) in [4.78, 5) is 27.1. The summed E-state index contributed by atoms with van der Waals surface area (Å²) in [7, 11) is -4.39. The number of carbonyl (C=O) groups excluding carboxylic acids is 2. The van der Waals surface area contributed by atoms with Crippen molar-refractivity contribution in [3.63, 3.8) is 0 Å². The summed E-state index contributed by atoms with van der Waals surface area (Å²) in [5.41, 5.74) is 1.12. The molecule has 0 radical (unpaired) electrons. The fraction of sp³-hybridized carbons (Fsp3) is 0.364. The molecule has 0 atom stereocenters. The average Bonchev–Trinajstić information content (AvgIpc) is 2.82. The summed E-state index contributed by atoms with van der Waals surface area (Å²) in [6, 6.07) is 7.92. The number of halogens is 3. The van der Waals surface area contributed by atoms with Gasteiger partial charge in [-0.1, -0.05) is 0 Å². The fourth-order valence-corrected chi connectivity index (χ4v) is 5.50. The second kappa shape index (κ2) is 9.14. The number of hydrogen-bond acceptors (Lipinski definition) is 4. The van der Waals surface area contributed by atoms with Gasteiger partial charge in [0.25, 0.3) is 5.91 Å². The van der Waals surface area contributed by atoms with Crippen LogP contribution in [0, 0.1) is 17.5 Å². The van der Waals surface area contributed by atoms with Crippen LogP contribution in [0.2, 0.25) is 0 Å². The first-order chi connectivity index (χ1) is 15.7. The summed E-state index contributed by atoms with van der Waals surface area (Å²) in [5.74, 6) is -5.34. The number of piperazine rings is 1. The maximum atomic E-state index is 14.0. The smallest absolute Gasteiger partial charge is 0.253 e. The molecule has 2 fully saturated rings. The molecule has 2 aromatic carbocycles. The minimum atomic E-state index is -4.39. The van der Waals surface area contributed by atoms with Crippen molar-refractivity contribution in [1.82, 2.24) is 9.21 Å². The highest BCUT2D eigenvalue weighted by molar-refractivity contribution is 7.89. The molecule has 0 aromatic heterocycles. The minimum Gasteiger partial charge on any atom is -0.336 e. The van der Waals surface area contributed by atoms with Crippen molar-refractivity contribution in [1.29, 1.82) is 0 Å². The van der Waals surface area contributed by atoms with Gasteiger partial charge in [0.05, 0.1) is 0 Å². The zero-order valence-electron chi connectivity index (χ0n) is 17.6. The number of sulfonamides is 1. The number of rotatable bonds is 4. The Morgan fingerprint density at radius 3 is 2.12 bits per heavy atom. The van der Waals surface area contributed by atoms with Gasteiger partial charge in [-0.2, -0.15) is 4.31 Å². The van der Waals surface area contributed by atoms with E-state index >= 15 is 0 Å². The van der Waals surface area contributed by atoms with E-state index in [0.29, 0.717) is 30.7 Å². The molecule has 0 spiro atoms. The second-order valence-corrected chi connectivity index (χ2v) is 9.83. The van der Waals surface area contributed by atoms with Crippen LogP contribution in [0.15, 0.2) is 41.3 Å². The lowest BCUT2D eigenvalue weighted by atomic mass is 10.1. The van der Waals surface area contributed by atoms with E-state index in [2.05, 4.69) is 0 Å². The van der Waals surface area contributed by atoms with Crippen LogP contribution in [-0.4, -0.2) is 62.2 Å². The molecule has 176 valence electrons. The van der Waals surface area contributed by atoms with Crippen LogP contribution >= 0.6 is 0 Å². The summed E-state index contributed by atoms with van der Waals surface area (Å²) < 4.78 is 67.0. The van der Waals surface area contributed by atoms with Crippen molar-refractivity contribution in [3.05, 3.63) is 59.4 Å². The third kappa shape index (κ3) is 4.47. The van der Waals surface area contributed by atoms with Crippen LogP contribution < -0.4 is 4.90 Å². The van der Waals surface area contributed by atoms with E-state index in [1.807, 2.05) is 0 Å². The first kappa shape index (κ1) is 23.2. The number of nitrogens with zero attached hydrogens (tertiary/aromatic N) is 3. The van der Waals surface area contributed by atoms with Gasteiger partial charge in [-0.15, -0.1) is 0 Å². The topological polar surface area (TPSA) is 78.0 Å². The van der Waals surface area contributed by atoms with Gasteiger partial charge in [-0.25, -0.2) is 21.6 Å². The number of anilines is 1. The normalized spacial score (nSPS) is 18.0. The number of piperidine rings is 1. The van der Waals surface area contributed by atoms with Crippen molar-refractivity contribution >= 4 is 27.5 Å². The van der Waals surface area contributed by atoms with Gasteiger partial charge >= 0.3 is 0 Å². The molecule has 7 nitrogen and oxygen atoms in total. The average molecular weight is 481 g/mol. The Kier molecular flexibility index (Phi) is 6.44. The third-order valence-electron chi connectivity index (χ3n) is 5.89. The molecule has 2 aromatic rings. The molecule has 0 unspecified atom stereocenters. The Balaban J connectivity index is 1.42. The molecule has 11 heteroatoms. The van der Waals surface area contributed by atoms with E-state index in [4.69, 9.17) is 0 Å². The van der Waals surface area contributed by atoms with Crippen molar-refractivity contribution in [2.45, 2.75) is 24.2 Å². The Bertz CT molecular complexity index is 1180. The first-order valence-corrected chi connectivity index (χ1v) is 12.0. The molecule has 0 N–H and O–H groups in total. The van der Waals surface area contributed by atoms with E-state index in [1.165, 1.54) is 4.90 Å². The molecule has 0 saturated carbocycles. The summed E-state index contributed by atoms with van der Waals surface area (Å²) in [5, 5.41) is 0. The number of benzene rings is 2. The van der Waals surface area contributed by atoms with Crippen molar-refractivity contribution in [3.8, 4) is 0 Å². The van der Waals surface area contributed by atoms with Gasteiger partial charge in [0.1, 0.15) is 4.90 Å². The SMILES string of the molecule is O=C(c1ccc(N2CCCCC2=O)cc1)N1CCN(S(=O)(=O)c2ccc(F)c(F)c2F)CC1. The third-order valence-corrected chi connectivity index (χ3v) is 7.81. The van der Waals surface area contributed by atoms with Gasteiger partial charge < -0.3 is 9.80 Å². The fourth-order valence-electron chi connectivity index (χ4n) is 4.02. The lowest BCUT2D eigenvalue weighted by molar-refractivity contribution is -0.119. The van der Waals surface area contributed by atoms with E-state index in [-0.39, 0.29) is 38.0 Å². The monoisotopic (exact) mass is 481 g/mol. The molecule has 2 aliphatic heterocycles. The summed E-state index contributed by atoms with van der Waals surface area (Å²) in [6.07, 6.45) is 2.30. The van der Waals surface area contributed by atoms with Crippen molar-refractivity contribution < 1.29 is 31.2 Å². The molecule has 2 aliphatic rings. The lowest BCUT2D eigenvalue weighted by Gasteiger charge is -2.34. The van der Waals surface area contributed by atoms with E-state index in [9.17, 15) is 31.2 Å². The Hall–Kier alpha value is -2.92. The predicted octanol–water partition coefficient (Wildman–Crippen LogP) is 2.77. The van der Waals surface area contributed by atoms with E-state index in [0.717, 1.165) is 22.8 Å². The van der Waals surface area contributed by atoms with Crippen molar-refractivity contribution in [2.24, 2.45) is 0 Å². The number of hydrogen-bond donors (Lipinski definition) is 0. The molecular weight excluding hydrogens is 459 g/mol. The lowest BCUT2D eigenvalue weighted by Crippen LogP contribution is -2.50. The quantitative estimate of drug-likeness (QED) is 0.630. The highest BCUT2D eigenvalue weighted by Crippen LogP contribution is 2.25. The molecule has 0 bridgehead atoms. The van der Waals surface area contributed by atoms with Gasteiger partial charge in [0, 0.05) is 50.4 Å². The predicted molar refractivity (Wildman–Crippen MR) is 114 cm³/mol. The summed E-state index contributed by atoms with van der Waals surface area (Å²) in [6.45, 7) is 0.506. The summed E-state index contributed by atoms with van der Waals surface area (Å²) >= 11 is 0. The molecular formula is C22H22F3N3O4S. The molecule has 0 aliphatic carbocycles. The number of amides is 2. The zero-order chi connectivity index (χ0) is 23.8. The van der Waals surface area contributed by atoms with Crippen LogP contribution in [0.3, 0.4) is 0 Å². The highest BCUT2D eigenvalue weighted by atomic mass is 32.2. The largest absolute Gasteiger partial charge is 0.336 e. The molecule has 33 heavy (non-hydrogen) atoms. The Labute approximate surface area is 189 Å². The van der Waals surface area contributed by atoms with Gasteiger partial charge in [-0.3, -0.25) is 9.59 Å². The standard InChI is InChI=1S/C22H22F3N3O4S/c23-17-8-9-18(21(25)20(17)24)33(31,32)27-13-11-26(12-14-27)22(30)15-4-6-16(7-5-15)28-10-2-1-3-19(28)29/h4-9H,1-3,10-14H2. The van der Waals surface area contributed by atoms with Crippen LogP contribution in [-0.2, 0) is 14.8 Å². The Morgan fingerprint density at radius 1 is 0.818 bits per heavy atom. The van der Waals surface area contributed by atoms with Crippen molar-refractivity contribution in [2.75, 3.05) is 37.6 Å². The van der Waals surface area contributed by atoms with Crippen LogP contribution in [0.25, 0.3) is 0 Å². The zero-order valence-corrected chi connectivity index (χ0v) is 18.5. The number of carbonyl (C=O) groups is 2. The molecule has 2 saturated heterocycles. The maximum absolute atomic E-state index is 14.0. The van der Waals surface area contributed by atoms with Crippen LogP contribution in [0.4, 0.5) is 18.9 Å². The van der Waals surface area contributed by atoms with Crippen LogP contribution in [0.1, 0.15) is 29.6 Å². The molecule has 2 heterocycles. The van der Waals surface area contributed by atoms with Crippen LogP contribution in [0.5, 0.6) is 0 Å². The van der Waals surface area contributed by atoms with Gasteiger partial charge in [-0.05, 0) is 49.2 Å².